The maximum Gasteiger partial charge on any atom is 0.252 e. The van der Waals surface area contributed by atoms with Crippen LogP contribution in [0.4, 0.5) is 34.1 Å². The first-order valence-electron chi connectivity index (χ1n) is 24.3. The lowest BCUT2D eigenvalue weighted by Gasteiger charge is -2.45. The van der Waals surface area contributed by atoms with Gasteiger partial charge in [-0.1, -0.05) is 210 Å². The van der Waals surface area contributed by atoms with Crippen molar-refractivity contribution < 1.29 is 0 Å². The second kappa shape index (κ2) is 16.0. The number of anilines is 6. The predicted octanol–water partition coefficient (Wildman–Crippen LogP) is 16.0. The van der Waals surface area contributed by atoms with E-state index in [1.54, 1.807) is 0 Å². The summed E-state index contributed by atoms with van der Waals surface area (Å²) in [5.41, 5.74) is 23.6. The van der Waals surface area contributed by atoms with Crippen LogP contribution in [0.15, 0.2) is 176 Å². The van der Waals surface area contributed by atoms with Crippen molar-refractivity contribution >= 4 is 57.2 Å². The first-order valence-corrected chi connectivity index (χ1v) is 24.3. The Labute approximate surface area is 401 Å². The molecule has 0 amide bonds. The maximum absolute atomic E-state index is 2.60. The van der Waals surface area contributed by atoms with E-state index in [1.165, 1.54) is 106 Å². The van der Waals surface area contributed by atoms with E-state index >= 15 is 0 Å². The molecule has 0 fully saturated rings. The third-order valence-corrected chi connectivity index (χ3v) is 14.2. The van der Waals surface area contributed by atoms with Gasteiger partial charge in [0.25, 0.3) is 6.71 Å². The molecule has 2 nitrogen and oxygen atoms in total. The second-order valence-electron chi connectivity index (χ2n) is 23.2. The molecule has 8 aromatic carbocycles. The summed E-state index contributed by atoms with van der Waals surface area (Å²) in [7, 11) is 0. The molecule has 334 valence electrons. The standard InChI is InChI=1S/C64H65BN2/c1-61(2,3)48-25-19-27-52(40-48)66-56-35-44(42-21-15-13-16-22-42)29-31-54(56)65-55-32-30-45(43-23-17-14-18-24-43)36-57(55)67(53-28-20-26-49(41-53)62(4,5)6)59-38-47(37-58(66)60(59)65)46-33-50(63(7,8)9)39-51(34-46)64(10,11)12/h13-41H,1-12H3. The molecule has 10 rings (SSSR count). The Morgan fingerprint density at radius 3 is 1.04 bits per heavy atom. The Morgan fingerprint density at radius 2 is 0.657 bits per heavy atom. The minimum Gasteiger partial charge on any atom is -0.311 e. The van der Waals surface area contributed by atoms with Gasteiger partial charge in [0.05, 0.1) is 0 Å². The van der Waals surface area contributed by atoms with Gasteiger partial charge in [-0.25, -0.2) is 0 Å². The molecule has 3 heteroatoms. The summed E-state index contributed by atoms with van der Waals surface area (Å²) in [6, 6.07) is 67.2. The van der Waals surface area contributed by atoms with E-state index in [9.17, 15) is 0 Å². The third-order valence-electron chi connectivity index (χ3n) is 14.2. The van der Waals surface area contributed by atoms with E-state index < -0.39 is 0 Å². The van der Waals surface area contributed by atoms with Gasteiger partial charge < -0.3 is 9.80 Å². The monoisotopic (exact) mass is 873 g/mol. The molecule has 0 spiro atoms. The van der Waals surface area contributed by atoms with Gasteiger partial charge in [-0.3, -0.25) is 0 Å². The molecule has 67 heavy (non-hydrogen) atoms. The average molecular weight is 873 g/mol. The van der Waals surface area contributed by atoms with E-state index in [1.807, 2.05) is 0 Å². The molecular weight excluding hydrogens is 808 g/mol. The van der Waals surface area contributed by atoms with Gasteiger partial charge in [-0.2, -0.15) is 0 Å². The Hall–Kier alpha value is -6.58. The molecular formula is C64H65BN2. The number of fused-ring (bicyclic) bond motifs is 4. The molecule has 8 aromatic rings. The number of nitrogens with zero attached hydrogens (tertiary/aromatic N) is 2. The van der Waals surface area contributed by atoms with Crippen molar-refractivity contribution in [3.63, 3.8) is 0 Å². The lowest BCUT2D eigenvalue weighted by atomic mass is 9.33. The van der Waals surface area contributed by atoms with Gasteiger partial charge in [0.2, 0.25) is 0 Å². The number of benzene rings is 8. The van der Waals surface area contributed by atoms with Crippen molar-refractivity contribution in [2.24, 2.45) is 0 Å². The molecule has 0 radical (unpaired) electrons. The van der Waals surface area contributed by atoms with Gasteiger partial charge >= 0.3 is 0 Å². The largest absolute Gasteiger partial charge is 0.311 e. The molecule has 0 aromatic heterocycles. The van der Waals surface area contributed by atoms with Crippen molar-refractivity contribution in [3.05, 3.63) is 198 Å². The summed E-state index contributed by atoms with van der Waals surface area (Å²) in [6.07, 6.45) is 0. The van der Waals surface area contributed by atoms with E-state index in [0.717, 1.165) is 0 Å². The molecule has 2 aliphatic rings. The Kier molecular flexibility index (Phi) is 10.6. The molecule has 2 aliphatic heterocycles. The van der Waals surface area contributed by atoms with Gasteiger partial charge in [-0.05, 0) is 142 Å². The predicted molar refractivity (Wildman–Crippen MR) is 292 cm³/mol. The summed E-state index contributed by atoms with van der Waals surface area (Å²) in [5.74, 6) is 0. The van der Waals surface area contributed by atoms with Gasteiger partial charge in [0.15, 0.2) is 0 Å². The third kappa shape index (κ3) is 8.11. The van der Waals surface area contributed by atoms with Crippen molar-refractivity contribution in [1.82, 2.24) is 0 Å². The first kappa shape index (κ1) is 44.3. The highest BCUT2D eigenvalue weighted by Gasteiger charge is 2.44. The molecule has 0 aliphatic carbocycles. The fourth-order valence-electron chi connectivity index (χ4n) is 10.2. The van der Waals surface area contributed by atoms with Crippen LogP contribution in [-0.2, 0) is 21.7 Å². The van der Waals surface area contributed by atoms with Crippen molar-refractivity contribution in [2.75, 3.05) is 9.80 Å². The van der Waals surface area contributed by atoms with Crippen molar-refractivity contribution in [2.45, 2.75) is 105 Å². The highest BCUT2D eigenvalue weighted by atomic mass is 15.2. The smallest absolute Gasteiger partial charge is 0.252 e. The second-order valence-corrected chi connectivity index (χ2v) is 23.2. The molecule has 2 heterocycles. The van der Waals surface area contributed by atoms with Crippen molar-refractivity contribution in [3.8, 4) is 33.4 Å². The van der Waals surface area contributed by atoms with E-state index in [0.29, 0.717) is 0 Å². The maximum atomic E-state index is 2.60. The zero-order valence-electron chi connectivity index (χ0n) is 41.7. The highest BCUT2D eigenvalue weighted by Crippen LogP contribution is 2.49. The SMILES string of the molecule is CC(C)(C)c1cccc(N2c3cc(-c4ccccc4)ccc3B3c4ccc(-c5ccccc5)cc4N(c4cccc(C(C)(C)C)c4)c4cc(-c5cc(C(C)(C)C)cc(C(C)(C)C)c5)cc2c43)c1. The molecule has 0 atom stereocenters. The molecule has 0 saturated heterocycles. The van der Waals surface area contributed by atoms with Crippen LogP contribution in [0.1, 0.15) is 105 Å². The topological polar surface area (TPSA) is 6.48 Å². The van der Waals surface area contributed by atoms with E-state index in [-0.39, 0.29) is 28.4 Å². The zero-order chi connectivity index (χ0) is 47.2. The van der Waals surface area contributed by atoms with Crippen molar-refractivity contribution in [1.29, 1.82) is 0 Å². The minimum atomic E-state index is -0.0397. The zero-order valence-corrected chi connectivity index (χ0v) is 41.7. The molecule has 0 unspecified atom stereocenters. The van der Waals surface area contributed by atoms with E-state index in [2.05, 4.69) is 269 Å². The Morgan fingerprint density at radius 1 is 0.284 bits per heavy atom. The normalized spacial score (nSPS) is 13.6. The van der Waals surface area contributed by atoms with Crippen LogP contribution in [0, 0.1) is 0 Å². The van der Waals surface area contributed by atoms with Gasteiger partial charge in [-0.15, -0.1) is 0 Å². The fourth-order valence-corrected chi connectivity index (χ4v) is 10.2. The van der Waals surface area contributed by atoms with Crippen LogP contribution in [0.25, 0.3) is 33.4 Å². The van der Waals surface area contributed by atoms with Crippen LogP contribution in [0.3, 0.4) is 0 Å². The summed E-state index contributed by atoms with van der Waals surface area (Å²) >= 11 is 0. The van der Waals surface area contributed by atoms with E-state index in [4.69, 9.17) is 0 Å². The molecule has 0 bridgehead atoms. The number of hydrogen-bond donors (Lipinski definition) is 0. The fraction of sp³-hybridized carbons (Fsp3) is 0.250. The summed E-state index contributed by atoms with van der Waals surface area (Å²) in [6.45, 7) is 28.0. The summed E-state index contributed by atoms with van der Waals surface area (Å²) in [5, 5.41) is 0. The lowest BCUT2D eigenvalue weighted by Crippen LogP contribution is -2.61. The molecule has 0 N–H and O–H groups in total. The first-order chi connectivity index (χ1) is 31.7. The Bertz CT molecular complexity index is 2960. The number of rotatable bonds is 5. The lowest BCUT2D eigenvalue weighted by molar-refractivity contribution is 0.569. The average Bonchev–Trinajstić information content (AvgIpc) is 3.30. The van der Waals surface area contributed by atoms with Crippen LogP contribution in [0.5, 0.6) is 0 Å². The highest BCUT2D eigenvalue weighted by molar-refractivity contribution is 7.00. The minimum absolute atomic E-state index is 0.0196. The summed E-state index contributed by atoms with van der Waals surface area (Å²) in [4.78, 5) is 5.20. The van der Waals surface area contributed by atoms with Crippen LogP contribution in [0.2, 0.25) is 0 Å². The molecule has 0 saturated carbocycles. The van der Waals surface area contributed by atoms with Gasteiger partial charge in [0.1, 0.15) is 0 Å². The quantitative estimate of drug-likeness (QED) is 0.159. The van der Waals surface area contributed by atoms with Gasteiger partial charge in [0, 0.05) is 34.1 Å². The van der Waals surface area contributed by atoms with Crippen LogP contribution < -0.4 is 26.2 Å². The Balaban J connectivity index is 1.36. The summed E-state index contributed by atoms with van der Waals surface area (Å²) < 4.78 is 0. The van der Waals surface area contributed by atoms with Crippen LogP contribution in [-0.4, -0.2) is 6.71 Å². The van der Waals surface area contributed by atoms with Crippen LogP contribution >= 0.6 is 0 Å². The number of hydrogen-bond acceptors (Lipinski definition) is 2.